The number of imidazole rings is 1. The predicted molar refractivity (Wildman–Crippen MR) is 66.2 cm³/mol. The molecule has 0 radical (unpaired) electrons. The van der Waals surface area contributed by atoms with Crippen molar-refractivity contribution < 1.29 is 19.4 Å². The van der Waals surface area contributed by atoms with Gasteiger partial charge in [0.1, 0.15) is 12.2 Å². The lowest BCUT2D eigenvalue weighted by Gasteiger charge is -2.00. The Hall–Kier alpha value is -2.50. The van der Waals surface area contributed by atoms with Gasteiger partial charge in [0.15, 0.2) is 11.5 Å². The molecule has 6 heteroatoms. The van der Waals surface area contributed by atoms with Gasteiger partial charge in [0, 0.05) is 11.3 Å². The summed E-state index contributed by atoms with van der Waals surface area (Å²) in [7, 11) is 0. The number of benzene rings is 1. The Morgan fingerprint density at radius 2 is 2.21 bits per heavy atom. The van der Waals surface area contributed by atoms with Gasteiger partial charge in [-0.25, -0.2) is 4.98 Å². The van der Waals surface area contributed by atoms with Crippen molar-refractivity contribution in [2.75, 3.05) is 6.79 Å². The Bertz CT molecular complexity index is 648. The first-order chi connectivity index (χ1) is 9.13. The number of carboxylic acid groups (broad SMARTS) is 1. The van der Waals surface area contributed by atoms with Crippen LogP contribution in [0, 0.1) is 6.92 Å². The van der Waals surface area contributed by atoms with Gasteiger partial charge in [-0.2, -0.15) is 0 Å². The average molecular weight is 260 g/mol. The third-order valence-corrected chi connectivity index (χ3v) is 2.90. The third-order valence-electron chi connectivity index (χ3n) is 2.90. The van der Waals surface area contributed by atoms with Gasteiger partial charge in [0.2, 0.25) is 6.79 Å². The molecule has 0 bridgehead atoms. The monoisotopic (exact) mass is 260 g/mol. The predicted octanol–water partition coefficient (Wildman–Crippen LogP) is 1.74. The highest BCUT2D eigenvalue weighted by Gasteiger charge is 2.17. The fraction of sp³-hybridized carbons (Fsp3) is 0.231. The normalized spacial score (nSPS) is 12.7. The second-order valence-electron chi connectivity index (χ2n) is 4.30. The molecular formula is C13H12N2O4. The zero-order valence-corrected chi connectivity index (χ0v) is 10.3. The molecule has 2 heterocycles. The van der Waals surface area contributed by atoms with Crippen LogP contribution in [0.1, 0.15) is 11.5 Å². The SMILES string of the molecule is Cc1[nH]c(CC(=O)O)nc1-c1ccc2c(c1)OCO2. The van der Waals surface area contributed by atoms with Gasteiger partial charge >= 0.3 is 5.97 Å². The van der Waals surface area contributed by atoms with Crippen LogP contribution in [-0.4, -0.2) is 27.8 Å². The molecule has 98 valence electrons. The van der Waals surface area contributed by atoms with E-state index in [4.69, 9.17) is 14.6 Å². The van der Waals surface area contributed by atoms with Crippen LogP contribution in [0.4, 0.5) is 0 Å². The summed E-state index contributed by atoms with van der Waals surface area (Å²) in [6.45, 7) is 2.08. The number of aromatic amines is 1. The van der Waals surface area contributed by atoms with E-state index in [1.807, 2.05) is 25.1 Å². The number of aromatic nitrogens is 2. The molecule has 0 spiro atoms. The molecule has 6 nitrogen and oxygen atoms in total. The van der Waals surface area contributed by atoms with E-state index >= 15 is 0 Å². The van der Waals surface area contributed by atoms with Gasteiger partial charge in [-0.3, -0.25) is 4.79 Å². The van der Waals surface area contributed by atoms with Crippen LogP contribution in [0.5, 0.6) is 11.5 Å². The number of H-pyrrole nitrogens is 1. The summed E-state index contributed by atoms with van der Waals surface area (Å²) in [6, 6.07) is 5.54. The van der Waals surface area contributed by atoms with Crippen LogP contribution in [0.2, 0.25) is 0 Å². The standard InChI is InChI=1S/C13H12N2O4/c1-7-13(15-11(14-7)5-12(16)17)8-2-3-9-10(4-8)19-6-18-9/h2-4H,5-6H2,1H3,(H,14,15)(H,16,17). The number of carboxylic acids is 1. The summed E-state index contributed by atoms with van der Waals surface area (Å²) < 4.78 is 10.6. The van der Waals surface area contributed by atoms with Crippen LogP contribution >= 0.6 is 0 Å². The molecule has 1 aromatic carbocycles. The first-order valence-corrected chi connectivity index (χ1v) is 5.81. The van der Waals surface area contributed by atoms with Crippen molar-refractivity contribution in [3.8, 4) is 22.8 Å². The van der Waals surface area contributed by atoms with E-state index < -0.39 is 5.97 Å². The number of carbonyl (C=O) groups is 1. The van der Waals surface area contributed by atoms with E-state index in [1.54, 1.807) is 0 Å². The Morgan fingerprint density at radius 1 is 1.42 bits per heavy atom. The molecule has 0 aliphatic carbocycles. The van der Waals surface area contributed by atoms with Gasteiger partial charge < -0.3 is 19.6 Å². The Balaban J connectivity index is 1.97. The third kappa shape index (κ3) is 2.12. The van der Waals surface area contributed by atoms with Crippen molar-refractivity contribution in [2.45, 2.75) is 13.3 Å². The molecule has 0 saturated heterocycles. The Labute approximate surface area is 109 Å². The zero-order chi connectivity index (χ0) is 13.4. The summed E-state index contributed by atoms with van der Waals surface area (Å²) in [4.78, 5) is 18.0. The van der Waals surface area contributed by atoms with E-state index in [-0.39, 0.29) is 13.2 Å². The van der Waals surface area contributed by atoms with Crippen LogP contribution < -0.4 is 9.47 Å². The smallest absolute Gasteiger partial charge is 0.311 e. The van der Waals surface area contributed by atoms with Gasteiger partial charge in [0.25, 0.3) is 0 Å². The van der Waals surface area contributed by atoms with E-state index in [0.717, 1.165) is 17.0 Å². The summed E-state index contributed by atoms with van der Waals surface area (Å²) >= 11 is 0. The summed E-state index contributed by atoms with van der Waals surface area (Å²) in [5, 5.41) is 8.77. The van der Waals surface area contributed by atoms with Crippen LogP contribution in [0.15, 0.2) is 18.2 Å². The molecule has 1 aromatic heterocycles. The fourth-order valence-electron chi connectivity index (χ4n) is 2.07. The largest absolute Gasteiger partial charge is 0.481 e. The molecule has 19 heavy (non-hydrogen) atoms. The second-order valence-corrected chi connectivity index (χ2v) is 4.30. The molecule has 0 amide bonds. The van der Waals surface area contributed by atoms with Crippen molar-refractivity contribution in [3.63, 3.8) is 0 Å². The maximum Gasteiger partial charge on any atom is 0.311 e. The first-order valence-electron chi connectivity index (χ1n) is 5.81. The highest BCUT2D eigenvalue weighted by Crippen LogP contribution is 2.36. The maximum atomic E-state index is 10.7. The number of nitrogens with zero attached hydrogens (tertiary/aromatic N) is 1. The Morgan fingerprint density at radius 3 is 3.00 bits per heavy atom. The number of fused-ring (bicyclic) bond motifs is 1. The molecule has 2 aromatic rings. The lowest BCUT2D eigenvalue weighted by molar-refractivity contribution is -0.136. The fourth-order valence-corrected chi connectivity index (χ4v) is 2.07. The van der Waals surface area contributed by atoms with E-state index in [2.05, 4.69) is 9.97 Å². The number of aryl methyl sites for hydroxylation is 1. The second kappa shape index (κ2) is 4.31. The van der Waals surface area contributed by atoms with Crippen molar-refractivity contribution in [1.29, 1.82) is 0 Å². The quantitative estimate of drug-likeness (QED) is 0.878. The van der Waals surface area contributed by atoms with Crippen LogP contribution in [0.3, 0.4) is 0 Å². The van der Waals surface area contributed by atoms with Gasteiger partial charge in [-0.15, -0.1) is 0 Å². The lowest BCUT2D eigenvalue weighted by Crippen LogP contribution is -2.01. The van der Waals surface area contributed by atoms with Gasteiger partial charge in [-0.1, -0.05) is 0 Å². The number of nitrogens with one attached hydrogen (secondary N) is 1. The van der Waals surface area contributed by atoms with Crippen molar-refractivity contribution in [1.82, 2.24) is 9.97 Å². The number of hydrogen-bond acceptors (Lipinski definition) is 4. The molecule has 0 unspecified atom stereocenters. The van der Waals surface area contributed by atoms with E-state index in [1.165, 1.54) is 0 Å². The minimum absolute atomic E-state index is 0.120. The highest BCUT2D eigenvalue weighted by atomic mass is 16.7. The zero-order valence-electron chi connectivity index (χ0n) is 10.3. The molecular weight excluding hydrogens is 248 g/mol. The van der Waals surface area contributed by atoms with Gasteiger partial charge in [0.05, 0.1) is 5.69 Å². The molecule has 0 atom stereocenters. The Kier molecular flexibility index (Phi) is 2.63. The number of rotatable bonds is 3. The first kappa shape index (κ1) is 11.6. The molecule has 0 saturated carbocycles. The average Bonchev–Trinajstić information content (AvgIpc) is 2.93. The number of hydrogen-bond donors (Lipinski definition) is 2. The molecule has 1 aliphatic heterocycles. The molecule has 1 aliphatic rings. The highest BCUT2D eigenvalue weighted by molar-refractivity contribution is 5.71. The van der Waals surface area contributed by atoms with E-state index in [9.17, 15) is 4.79 Å². The number of aliphatic carboxylic acids is 1. The molecule has 0 fully saturated rings. The van der Waals surface area contributed by atoms with Crippen LogP contribution in [0.25, 0.3) is 11.3 Å². The maximum absolute atomic E-state index is 10.7. The van der Waals surface area contributed by atoms with Crippen molar-refractivity contribution >= 4 is 5.97 Å². The summed E-state index contributed by atoms with van der Waals surface area (Å²) in [5.41, 5.74) is 2.43. The van der Waals surface area contributed by atoms with Crippen molar-refractivity contribution in [3.05, 3.63) is 29.7 Å². The summed E-state index contributed by atoms with van der Waals surface area (Å²) in [5.74, 6) is 0.922. The van der Waals surface area contributed by atoms with Crippen LogP contribution in [-0.2, 0) is 11.2 Å². The minimum Gasteiger partial charge on any atom is -0.481 e. The molecule has 2 N–H and O–H groups in total. The van der Waals surface area contributed by atoms with Gasteiger partial charge in [-0.05, 0) is 25.1 Å². The topological polar surface area (TPSA) is 84.4 Å². The summed E-state index contributed by atoms with van der Waals surface area (Å²) in [6.07, 6.45) is -0.120. The van der Waals surface area contributed by atoms with E-state index in [0.29, 0.717) is 17.3 Å². The minimum atomic E-state index is -0.911. The molecule has 3 rings (SSSR count). The number of ether oxygens (including phenoxy) is 2. The lowest BCUT2D eigenvalue weighted by atomic mass is 10.1. The van der Waals surface area contributed by atoms with Crippen molar-refractivity contribution in [2.24, 2.45) is 0 Å².